The third-order valence-corrected chi connectivity index (χ3v) is 4.81. The molecule has 0 fully saturated rings. The molecule has 0 radical (unpaired) electrons. The fourth-order valence-corrected chi connectivity index (χ4v) is 3.51. The Hall–Kier alpha value is -2.38. The summed E-state index contributed by atoms with van der Waals surface area (Å²) in [6.07, 6.45) is 0.399. The quantitative estimate of drug-likeness (QED) is 0.820. The molecule has 2 aromatic rings. The van der Waals surface area contributed by atoms with Crippen molar-refractivity contribution in [2.45, 2.75) is 45.8 Å². The van der Waals surface area contributed by atoms with Gasteiger partial charge >= 0.3 is 0 Å². The molecule has 0 saturated carbocycles. The number of rotatable bonds is 4. The van der Waals surface area contributed by atoms with Crippen LogP contribution in [0.4, 0.5) is 11.5 Å². The fraction of sp³-hybridized carbons (Fsp3) is 0.389. The summed E-state index contributed by atoms with van der Waals surface area (Å²) in [5.41, 5.74) is -0.0171. The van der Waals surface area contributed by atoms with Crippen molar-refractivity contribution in [2.24, 2.45) is 5.18 Å². The van der Waals surface area contributed by atoms with Crippen molar-refractivity contribution in [1.29, 1.82) is 0 Å². The number of aliphatic hydroxyl groups is 1. The number of benzene rings is 1. The van der Waals surface area contributed by atoms with E-state index in [4.69, 9.17) is 11.6 Å². The van der Waals surface area contributed by atoms with E-state index in [1.165, 1.54) is 11.8 Å². The lowest BCUT2D eigenvalue weighted by Gasteiger charge is -2.21. The third-order valence-electron chi connectivity index (χ3n) is 4.58. The van der Waals surface area contributed by atoms with Crippen LogP contribution in [0.15, 0.2) is 23.4 Å². The number of amides is 1. The number of fused-ring (bicyclic) bond motifs is 1. The number of nitrogens with zero attached hydrogens (tertiary/aromatic N) is 4. The number of nitroso groups, excluding NO2 is 1. The van der Waals surface area contributed by atoms with Gasteiger partial charge in [0.05, 0.1) is 16.9 Å². The molecular formula is C18H19ClN4O3. The van der Waals surface area contributed by atoms with Gasteiger partial charge in [0.15, 0.2) is 11.4 Å². The number of anilines is 2. The van der Waals surface area contributed by atoms with Crippen LogP contribution >= 0.6 is 11.6 Å². The van der Waals surface area contributed by atoms with Crippen molar-refractivity contribution >= 4 is 29.0 Å². The summed E-state index contributed by atoms with van der Waals surface area (Å²) in [6.45, 7) is 6.67. The highest BCUT2D eigenvalue weighted by Crippen LogP contribution is 2.47. The molecule has 1 aliphatic rings. The second-order valence-electron chi connectivity index (χ2n) is 6.53. The molecular weight excluding hydrogens is 356 g/mol. The maximum Gasteiger partial charge on any atom is 0.269 e. The molecule has 3 rings (SSSR count). The molecule has 0 spiro atoms. The minimum Gasteiger partial charge on any atom is -0.375 e. The normalized spacial score (nSPS) is 20.2. The smallest absolute Gasteiger partial charge is 0.269 e. The maximum absolute atomic E-state index is 13.1. The van der Waals surface area contributed by atoms with Gasteiger partial charge < -0.3 is 5.11 Å². The largest absolute Gasteiger partial charge is 0.375 e. The van der Waals surface area contributed by atoms with E-state index in [9.17, 15) is 14.8 Å². The number of carbonyl (C=O) groups excluding carboxylic acids is 1. The zero-order valence-corrected chi connectivity index (χ0v) is 15.7. The van der Waals surface area contributed by atoms with E-state index in [0.29, 0.717) is 23.0 Å². The van der Waals surface area contributed by atoms with E-state index in [-0.39, 0.29) is 17.1 Å². The van der Waals surface area contributed by atoms with Gasteiger partial charge in [-0.15, -0.1) is 0 Å². The minimum atomic E-state index is -1.86. The van der Waals surface area contributed by atoms with Crippen molar-refractivity contribution in [2.75, 3.05) is 4.90 Å². The molecule has 0 bridgehead atoms. The van der Waals surface area contributed by atoms with Gasteiger partial charge in [-0.2, -0.15) is 4.91 Å². The Balaban J connectivity index is 2.32. The molecule has 1 aliphatic heterocycles. The molecule has 0 saturated heterocycles. The second kappa shape index (κ2) is 6.41. The van der Waals surface area contributed by atoms with Crippen LogP contribution in [0.25, 0.3) is 0 Å². The lowest BCUT2D eigenvalue weighted by molar-refractivity contribution is -0.133. The molecule has 1 N–H and O–H groups in total. The Kier molecular flexibility index (Phi) is 4.54. The Morgan fingerprint density at radius 2 is 2.04 bits per heavy atom. The average Bonchev–Trinajstić information content (AvgIpc) is 2.76. The Bertz CT molecular complexity index is 914. The first-order valence-corrected chi connectivity index (χ1v) is 8.64. The highest BCUT2D eigenvalue weighted by molar-refractivity contribution is 6.30. The van der Waals surface area contributed by atoms with Crippen molar-refractivity contribution < 1.29 is 9.90 Å². The summed E-state index contributed by atoms with van der Waals surface area (Å²) < 4.78 is 0. The summed E-state index contributed by atoms with van der Waals surface area (Å²) in [5, 5.41) is 14.6. The number of halogens is 1. The molecule has 136 valence electrons. The molecule has 2 heterocycles. The van der Waals surface area contributed by atoms with E-state index in [1.807, 2.05) is 6.92 Å². The van der Waals surface area contributed by atoms with Gasteiger partial charge in [0.25, 0.3) is 5.91 Å². The molecule has 7 nitrogen and oxygen atoms in total. The van der Waals surface area contributed by atoms with E-state index in [1.54, 1.807) is 32.0 Å². The Morgan fingerprint density at radius 1 is 1.35 bits per heavy atom. The minimum absolute atomic E-state index is 0.230. The van der Waals surface area contributed by atoms with E-state index in [2.05, 4.69) is 15.1 Å². The van der Waals surface area contributed by atoms with Crippen molar-refractivity contribution in [3.63, 3.8) is 0 Å². The van der Waals surface area contributed by atoms with Crippen molar-refractivity contribution in [3.05, 3.63) is 50.8 Å². The van der Waals surface area contributed by atoms with Gasteiger partial charge in [0, 0.05) is 5.02 Å². The van der Waals surface area contributed by atoms with E-state index >= 15 is 0 Å². The topological polar surface area (TPSA) is 95.7 Å². The van der Waals surface area contributed by atoms with E-state index in [0.717, 1.165) is 5.56 Å². The number of hydrogen-bond acceptors (Lipinski definition) is 6. The summed E-state index contributed by atoms with van der Waals surface area (Å²) >= 11 is 6.02. The molecule has 1 aromatic carbocycles. The number of aryl methyl sites for hydroxylation is 2. The zero-order valence-electron chi connectivity index (χ0n) is 14.9. The van der Waals surface area contributed by atoms with Gasteiger partial charge in [-0.3, -0.25) is 9.69 Å². The van der Waals surface area contributed by atoms with Gasteiger partial charge in [-0.25, -0.2) is 9.97 Å². The molecule has 2 atom stereocenters. The average molecular weight is 375 g/mol. The van der Waals surface area contributed by atoms with Gasteiger partial charge in [0.1, 0.15) is 11.9 Å². The van der Waals surface area contributed by atoms with Gasteiger partial charge in [-0.05, 0) is 51.0 Å². The lowest BCUT2D eigenvalue weighted by Crippen LogP contribution is -2.36. The highest BCUT2D eigenvalue weighted by Gasteiger charge is 2.51. The molecule has 26 heavy (non-hydrogen) atoms. The van der Waals surface area contributed by atoms with Gasteiger partial charge in [0.2, 0.25) is 0 Å². The lowest BCUT2D eigenvalue weighted by atomic mass is 9.94. The van der Waals surface area contributed by atoms with Crippen molar-refractivity contribution in [3.8, 4) is 0 Å². The number of hydrogen-bond donors (Lipinski definition) is 1. The van der Waals surface area contributed by atoms with Crippen LogP contribution in [0.3, 0.4) is 0 Å². The first-order chi connectivity index (χ1) is 12.2. The van der Waals surface area contributed by atoms with Gasteiger partial charge in [-0.1, -0.05) is 23.7 Å². The molecule has 2 unspecified atom stereocenters. The first kappa shape index (κ1) is 18.4. The van der Waals surface area contributed by atoms with E-state index < -0.39 is 17.6 Å². The van der Waals surface area contributed by atoms with Crippen molar-refractivity contribution in [1.82, 2.24) is 9.97 Å². The Morgan fingerprint density at radius 3 is 2.62 bits per heavy atom. The maximum atomic E-state index is 13.1. The summed E-state index contributed by atoms with van der Waals surface area (Å²) in [4.78, 5) is 34.4. The van der Waals surface area contributed by atoms with Crippen LogP contribution in [-0.2, 0) is 10.4 Å². The standard InChI is InChI=1S/C18H19ClN4O3/c1-5-12(22-26)15-14-16(21-10(3)20-15)23(17(24)18(14,4)25)13-7-6-11(19)8-9(13)2/h6-8,12,25H,5H2,1-4H3. The molecule has 1 amide bonds. The third kappa shape index (κ3) is 2.68. The predicted octanol–water partition coefficient (Wildman–Crippen LogP) is 3.85. The van der Waals surface area contributed by atoms with Crippen LogP contribution in [0.1, 0.15) is 49.0 Å². The zero-order chi connectivity index (χ0) is 19.2. The summed E-state index contributed by atoms with van der Waals surface area (Å²) in [6, 6.07) is 4.33. The molecule has 1 aromatic heterocycles. The van der Waals surface area contributed by atoms with Crippen LogP contribution in [0.2, 0.25) is 5.02 Å². The van der Waals surface area contributed by atoms with Crippen LogP contribution in [0, 0.1) is 18.8 Å². The van der Waals surface area contributed by atoms with Crippen LogP contribution in [0.5, 0.6) is 0 Å². The summed E-state index contributed by atoms with van der Waals surface area (Å²) in [7, 11) is 0. The predicted molar refractivity (Wildman–Crippen MR) is 98.5 cm³/mol. The second-order valence-corrected chi connectivity index (χ2v) is 6.96. The fourth-order valence-electron chi connectivity index (χ4n) is 3.28. The number of carbonyl (C=O) groups is 1. The highest BCUT2D eigenvalue weighted by atomic mass is 35.5. The monoisotopic (exact) mass is 374 g/mol. The number of aromatic nitrogens is 2. The van der Waals surface area contributed by atoms with Crippen LogP contribution < -0.4 is 4.90 Å². The van der Waals surface area contributed by atoms with Crippen LogP contribution in [-0.4, -0.2) is 21.0 Å². The molecule has 0 aliphatic carbocycles. The summed E-state index contributed by atoms with van der Waals surface area (Å²) in [5.74, 6) is 0.109. The SMILES string of the molecule is CCC(N=O)c1nc(C)nc2c1C(C)(O)C(=O)N2c1ccc(Cl)cc1C. The first-order valence-electron chi connectivity index (χ1n) is 8.26. The Labute approximate surface area is 156 Å². The molecule has 8 heteroatoms.